The van der Waals surface area contributed by atoms with E-state index in [0.717, 1.165) is 17.2 Å². The summed E-state index contributed by atoms with van der Waals surface area (Å²) in [4.78, 5) is 11.6. The van der Waals surface area contributed by atoms with E-state index in [1.807, 2.05) is 24.3 Å². The summed E-state index contributed by atoms with van der Waals surface area (Å²) in [5.74, 6) is 2.15. The summed E-state index contributed by atoms with van der Waals surface area (Å²) in [7, 11) is 3.46. The highest BCUT2D eigenvalue weighted by Crippen LogP contribution is 2.24. The molecule has 0 unspecified atom stereocenters. The fourth-order valence-electron chi connectivity index (χ4n) is 1.81. The van der Waals surface area contributed by atoms with Crippen LogP contribution in [0.2, 0.25) is 0 Å². The molecule has 0 saturated carbocycles. The average molecular weight is 377 g/mol. The SMILES string of the molecule is CCOC(=O)c1ccc(/N=N/c2ccc(OCSSCC)cc2)cc1. The number of ether oxygens (including phenoxy) is 2. The minimum Gasteiger partial charge on any atom is -0.482 e. The van der Waals surface area contributed by atoms with Gasteiger partial charge in [-0.25, -0.2) is 4.79 Å². The van der Waals surface area contributed by atoms with Gasteiger partial charge in [0.25, 0.3) is 0 Å². The van der Waals surface area contributed by atoms with Crippen LogP contribution in [0.3, 0.4) is 0 Å². The summed E-state index contributed by atoms with van der Waals surface area (Å²) in [5.41, 5.74) is 1.90. The minimum atomic E-state index is -0.336. The third-order valence-corrected chi connectivity index (χ3v) is 5.08. The number of esters is 1. The van der Waals surface area contributed by atoms with Crippen molar-refractivity contribution in [3.63, 3.8) is 0 Å². The first-order valence-electron chi connectivity index (χ1n) is 7.89. The van der Waals surface area contributed by atoms with Crippen molar-refractivity contribution in [1.82, 2.24) is 0 Å². The van der Waals surface area contributed by atoms with Gasteiger partial charge in [0, 0.05) is 5.75 Å². The van der Waals surface area contributed by atoms with E-state index in [1.54, 1.807) is 52.8 Å². The van der Waals surface area contributed by atoms with Gasteiger partial charge in [0.15, 0.2) is 0 Å². The zero-order valence-corrected chi connectivity index (χ0v) is 15.8. The van der Waals surface area contributed by atoms with Gasteiger partial charge in [-0.1, -0.05) is 28.5 Å². The van der Waals surface area contributed by atoms with E-state index in [-0.39, 0.29) is 5.97 Å². The number of carbonyl (C=O) groups excluding carboxylic acids is 1. The van der Waals surface area contributed by atoms with Crippen LogP contribution in [0.4, 0.5) is 11.4 Å². The lowest BCUT2D eigenvalue weighted by molar-refractivity contribution is 0.0526. The van der Waals surface area contributed by atoms with Gasteiger partial charge in [-0.3, -0.25) is 0 Å². The number of nitrogens with zero attached hydrogens (tertiary/aromatic N) is 2. The molecule has 0 radical (unpaired) electrons. The van der Waals surface area contributed by atoms with Crippen LogP contribution in [0, 0.1) is 0 Å². The zero-order chi connectivity index (χ0) is 17.9. The van der Waals surface area contributed by atoms with E-state index in [0.29, 0.717) is 23.8 Å². The highest BCUT2D eigenvalue weighted by Gasteiger charge is 2.05. The fraction of sp³-hybridized carbons (Fsp3) is 0.278. The smallest absolute Gasteiger partial charge is 0.338 e. The van der Waals surface area contributed by atoms with Crippen LogP contribution < -0.4 is 4.74 Å². The number of rotatable bonds is 9. The van der Waals surface area contributed by atoms with Crippen LogP contribution in [0.5, 0.6) is 5.75 Å². The molecule has 0 heterocycles. The van der Waals surface area contributed by atoms with Crippen LogP contribution in [0.1, 0.15) is 24.2 Å². The standard InChI is InChI=1S/C18H20N2O3S2/c1-3-22-18(21)14-5-7-15(8-6-14)19-20-16-9-11-17(12-10-16)23-13-25-24-4-2/h5-12H,3-4,13H2,1-2H3/b20-19+. The quantitative estimate of drug-likeness (QED) is 0.176. The van der Waals surface area contributed by atoms with Gasteiger partial charge in [-0.2, -0.15) is 10.2 Å². The van der Waals surface area contributed by atoms with Crippen LogP contribution in [0.15, 0.2) is 58.8 Å². The van der Waals surface area contributed by atoms with Crippen molar-refractivity contribution >= 4 is 38.9 Å². The van der Waals surface area contributed by atoms with Gasteiger partial charge in [0.2, 0.25) is 0 Å². The third-order valence-electron chi connectivity index (χ3n) is 2.97. The molecule has 0 spiro atoms. The molecule has 132 valence electrons. The summed E-state index contributed by atoms with van der Waals surface area (Å²) in [6, 6.07) is 14.3. The molecule has 0 atom stereocenters. The first-order chi connectivity index (χ1) is 12.2. The fourth-order valence-corrected chi connectivity index (χ4v) is 3.08. The maximum atomic E-state index is 11.6. The van der Waals surface area contributed by atoms with E-state index in [9.17, 15) is 4.79 Å². The summed E-state index contributed by atoms with van der Waals surface area (Å²) >= 11 is 0. The van der Waals surface area contributed by atoms with Crippen molar-refractivity contribution in [2.75, 3.05) is 18.3 Å². The molecule has 0 fully saturated rings. The first kappa shape index (κ1) is 19.3. The second-order valence-corrected chi connectivity index (χ2v) is 7.45. The predicted octanol–water partition coefficient (Wildman–Crippen LogP) is 6.02. The highest BCUT2D eigenvalue weighted by molar-refractivity contribution is 8.76. The first-order valence-corrected chi connectivity index (χ1v) is 10.4. The molecule has 0 bridgehead atoms. The van der Waals surface area contributed by atoms with Crippen molar-refractivity contribution in [2.24, 2.45) is 10.2 Å². The summed E-state index contributed by atoms with van der Waals surface area (Å²) in [5, 5.41) is 8.35. The second kappa shape index (κ2) is 10.8. The molecule has 2 aromatic rings. The molecule has 25 heavy (non-hydrogen) atoms. The lowest BCUT2D eigenvalue weighted by Crippen LogP contribution is -2.03. The molecule has 2 aromatic carbocycles. The van der Waals surface area contributed by atoms with Crippen molar-refractivity contribution in [1.29, 1.82) is 0 Å². The van der Waals surface area contributed by atoms with Gasteiger partial charge in [-0.15, -0.1) is 0 Å². The average Bonchev–Trinajstić information content (AvgIpc) is 2.65. The van der Waals surface area contributed by atoms with E-state index in [1.165, 1.54) is 0 Å². The summed E-state index contributed by atoms with van der Waals surface area (Å²) in [6.07, 6.45) is 0. The molecule has 0 amide bonds. The van der Waals surface area contributed by atoms with Crippen LogP contribution in [-0.4, -0.2) is 24.3 Å². The summed E-state index contributed by atoms with van der Waals surface area (Å²) in [6.45, 7) is 4.25. The molecule has 2 rings (SSSR count). The molecule has 7 heteroatoms. The Kier molecular flexibility index (Phi) is 8.34. The lowest BCUT2D eigenvalue weighted by atomic mass is 10.2. The predicted molar refractivity (Wildman–Crippen MR) is 104 cm³/mol. The number of benzene rings is 2. The van der Waals surface area contributed by atoms with Crippen molar-refractivity contribution in [3.8, 4) is 5.75 Å². The molecule has 0 aliphatic rings. The maximum Gasteiger partial charge on any atom is 0.338 e. The van der Waals surface area contributed by atoms with Crippen LogP contribution >= 0.6 is 21.6 Å². The number of azo groups is 1. The Morgan fingerprint density at radius 1 is 0.920 bits per heavy atom. The molecule has 0 saturated heterocycles. The third kappa shape index (κ3) is 6.80. The van der Waals surface area contributed by atoms with Gasteiger partial charge in [0.05, 0.1) is 23.5 Å². The van der Waals surface area contributed by atoms with E-state index in [4.69, 9.17) is 9.47 Å². The van der Waals surface area contributed by atoms with Gasteiger partial charge < -0.3 is 9.47 Å². The lowest BCUT2D eigenvalue weighted by Gasteiger charge is -2.04. The Morgan fingerprint density at radius 2 is 1.52 bits per heavy atom. The normalized spacial score (nSPS) is 10.8. The molecule has 0 aliphatic carbocycles. The Morgan fingerprint density at radius 3 is 2.08 bits per heavy atom. The van der Waals surface area contributed by atoms with E-state index >= 15 is 0 Å². The molecular formula is C18H20N2O3S2. The van der Waals surface area contributed by atoms with Crippen molar-refractivity contribution in [3.05, 3.63) is 54.1 Å². The molecular weight excluding hydrogens is 356 g/mol. The van der Waals surface area contributed by atoms with Crippen molar-refractivity contribution in [2.45, 2.75) is 13.8 Å². The molecule has 5 nitrogen and oxygen atoms in total. The Bertz CT molecular complexity index is 688. The van der Waals surface area contributed by atoms with Gasteiger partial charge >= 0.3 is 5.97 Å². The van der Waals surface area contributed by atoms with E-state index < -0.39 is 0 Å². The van der Waals surface area contributed by atoms with Gasteiger partial charge in [0.1, 0.15) is 11.7 Å². The maximum absolute atomic E-state index is 11.6. The summed E-state index contributed by atoms with van der Waals surface area (Å²) < 4.78 is 10.5. The van der Waals surface area contributed by atoms with E-state index in [2.05, 4.69) is 17.2 Å². The largest absolute Gasteiger partial charge is 0.482 e. The number of hydrogen-bond acceptors (Lipinski definition) is 7. The highest BCUT2D eigenvalue weighted by atomic mass is 33.1. The zero-order valence-electron chi connectivity index (χ0n) is 14.2. The van der Waals surface area contributed by atoms with Gasteiger partial charge in [-0.05, 0) is 55.5 Å². The molecule has 0 N–H and O–H groups in total. The topological polar surface area (TPSA) is 60.2 Å². The molecule has 0 aromatic heterocycles. The van der Waals surface area contributed by atoms with Crippen LogP contribution in [0.25, 0.3) is 0 Å². The molecule has 0 aliphatic heterocycles. The monoisotopic (exact) mass is 376 g/mol. The number of hydrogen-bond donors (Lipinski definition) is 0. The minimum absolute atomic E-state index is 0.336. The second-order valence-electron chi connectivity index (χ2n) is 4.75. The van der Waals surface area contributed by atoms with Crippen LogP contribution in [-0.2, 0) is 4.74 Å². The van der Waals surface area contributed by atoms with Crippen molar-refractivity contribution < 1.29 is 14.3 Å². The Hall–Kier alpha value is -1.99. The Balaban J connectivity index is 1.89. The Labute approximate surface area is 155 Å². The number of carbonyl (C=O) groups is 1.